The van der Waals surface area contributed by atoms with Crippen LogP contribution in [0.5, 0.6) is 0 Å². The van der Waals surface area contributed by atoms with Crippen molar-refractivity contribution in [3.05, 3.63) is 144 Å². The van der Waals surface area contributed by atoms with E-state index in [9.17, 15) is 14.4 Å². The van der Waals surface area contributed by atoms with Gasteiger partial charge in [0.25, 0.3) is 0 Å². The van der Waals surface area contributed by atoms with Crippen LogP contribution in [0.2, 0.25) is 0 Å². The Balaban J connectivity index is 1.39. The van der Waals surface area contributed by atoms with Gasteiger partial charge < -0.3 is 15.4 Å². The van der Waals surface area contributed by atoms with Crippen LogP contribution in [0.4, 0.5) is 4.79 Å². The lowest BCUT2D eigenvalue weighted by atomic mass is 10.0. The molecule has 6 nitrogen and oxygen atoms in total. The second-order valence-corrected chi connectivity index (χ2v) is 11.4. The molecule has 4 aromatic rings. The first-order chi connectivity index (χ1) is 21.1. The number of ether oxygens (including phenoxy) is 1. The van der Waals surface area contributed by atoms with Crippen LogP contribution < -0.4 is 10.6 Å². The lowest BCUT2D eigenvalue weighted by Gasteiger charge is -2.23. The van der Waals surface area contributed by atoms with Gasteiger partial charge in [0.2, 0.25) is 5.91 Å². The van der Waals surface area contributed by atoms with Gasteiger partial charge in [-0.25, -0.2) is 4.79 Å². The van der Waals surface area contributed by atoms with Crippen LogP contribution in [0.25, 0.3) is 0 Å². The largest absolute Gasteiger partial charge is 0.445 e. The molecule has 0 aliphatic carbocycles. The Morgan fingerprint density at radius 2 is 1.09 bits per heavy atom. The second kappa shape index (κ2) is 17.6. The number of benzene rings is 4. The molecule has 4 aromatic carbocycles. The zero-order chi connectivity index (χ0) is 30.1. The van der Waals surface area contributed by atoms with E-state index in [1.54, 1.807) is 11.8 Å². The normalized spacial score (nSPS) is 12.1. The first kappa shape index (κ1) is 31.6. The van der Waals surface area contributed by atoms with Gasteiger partial charge in [-0.1, -0.05) is 121 Å². The molecule has 0 aliphatic rings. The fraction of sp³-hybridized carbons (Fsp3) is 0.250. The highest BCUT2D eigenvalue weighted by atomic mass is 32.2. The minimum Gasteiger partial charge on any atom is -0.445 e. The third-order valence-electron chi connectivity index (χ3n) is 6.93. The number of carbonyl (C=O) groups excluding carboxylic acids is 3. The van der Waals surface area contributed by atoms with Crippen molar-refractivity contribution in [2.75, 3.05) is 11.5 Å². The molecule has 7 heteroatoms. The molecule has 2 N–H and O–H groups in total. The topological polar surface area (TPSA) is 84.5 Å². The predicted octanol–water partition coefficient (Wildman–Crippen LogP) is 6.19. The number of Topliss-reactive ketones (excluding diaryl/α,β-unsaturated/α-hetero) is 1. The number of aryl methyl sites for hydroxylation is 1. The zero-order valence-corrected chi connectivity index (χ0v) is 25.0. The molecule has 0 bridgehead atoms. The van der Waals surface area contributed by atoms with Gasteiger partial charge in [0.05, 0.1) is 11.8 Å². The highest BCUT2D eigenvalue weighted by Crippen LogP contribution is 2.13. The summed E-state index contributed by atoms with van der Waals surface area (Å²) in [5.74, 6) is 0.663. The minimum atomic E-state index is -0.921. The summed E-state index contributed by atoms with van der Waals surface area (Å²) in [5.41, 5.74) is 3.95. The average molecular weight is 595 g/mol. The van der Waals surface area contributed by atoms with Gasteiger partial charge in [-0.15, -0.1) is 0 Å². The fourth-order valence-corrected chi connectivity index (χ4v) is 5.53. The molecule has 0 aromatic heterocycles. The summed E-state index contributed by atoms with van der Waals surface area (Å²) < 4.78 is 5.40. The maximum absolute atomic E-state index is 13.7. The SMILES string of the molecule is O=C(N[C@@H](Cc1ccccc1)C(=O)N[C@@H](Cc1ccccc1)C(=O)CSCCCc1ccccc1)OCc1ccccc1. The Labute approximate surface area is 258 Å². The zero-order valence-electron chi connectivity index (χ0n) is 24.2. The van der Waals surface area contributed by atoms with Crippen molar-refractivity contribution in [1.82, 2.24) is 10.6 Å². The van der Waals surface area contributed by atoms with Crippen LogP contribution >= 0.6 is 11.8 Å². The van der Waals surface area contributed by atoms with Gasteiger partial charge >= 0.3 is 6.09 Å². The lowest BCUT2D eigenvalue weighted by molar-refractivity contribution is -0.128. The van der Waals surface area contributed by atoms with Gasteiger partial charge in [0.15, 0.2) is 5.78 Å². The smallest absolute Gasteiger partial charge is 0.408 e. The maximum Gasteiger partial charge on any atom is 0.408 e. The number of carbonyl (C=O) groups is 3. The van der Waals surface area contributed by atoms with Crippen LogP contribution in [0.3, 0.4) is 0 Å². The molecular weight excluding hydrogens is 556 g/mol. The number of amides is 2. The highest BCUT2D eigenvalue weighted by Gasteiger charge is 2.27. The standard InChI is InChI=1S/C36H38N2O4S/c39-34(27-43-23-13-22-28-14-5-1-6-15-28)32(24-29-16-7-2-8-17-29)37-35(40)33(25-30-18-9-3-10-19-30)38-36(41)42-26-31-20-11-4-12-21-31/h1-12,14-21,32-33H,13,22-27H2,(H,37,40)(H,38,41)/t32-,33-/m0/s1. The Hall–Kier alpha value is -4.36. The van der Waals surface area contributed by atoms with Crippen LogP contribution in [-0.4, -0.2) is 41.4 Å². The third-order valence-corrected chi connectivity index (χ3v) is 8.00. The van der Waals surface area contributed by atoms with E-state index < -0.39 is 24.1 Å². The van der Waals surface area contributed by atoms with Crippen molar-refractivity contribution in [2.45, 2.75) is 44.4 Å². The molecule has 222 valence electrons. The number of alkyl carbamates (subject to hydrolysis) is 1. The van der Waals surface area contributed by atoms with E-state index in [4.69, 9.17) is 4.74 Å². The van der Waals surface area contributed by atoms with Gasteiger partial charge in [0.1, 0.15) is 12.6 Å². The van der Waals surface area contributed by atoms with E-state index in [0.29, 0.717) is 12.2 Å². The van der Waals surface area contributed by atoms with Crippen molar-refractivity contribution in [1.29, 1.82) is 0 Å². The quantitative estimate of drug-likeness (QED) is 0.151. The summed E-state index contributed by atoms with van der Waals surface area (Å²) >= 11 is 1.58. The molecule has 2 atom stereocenters. The summed E-state index contributed by atoms with van der Waals surface area (Å²) in [6.07, 6.45) is 1.85. The van der Waals surface area contributed by atoms with Crippen molar-refractivity contribution in [3.63, 3.8) is 0 Å². The van der Waals surface area contributed by atoms with Crippen molar-refractivity contribution in [3.8, 4) is 0 Å². The molecular formula is C36H38N2O4S. The maximum atomic E-state index is 13.7. The number of thioether (sulfide) groups is 1. The third kappa shape index (κ3) is 11.4. The summed E-state index contributed by atoms with van der Waals surface area (Å²) in [6.45, 7) is 0.0863. The van der Waals surface area contributed by atoms with Gasteiger partial charge in [0, 0.05) is 6.42 Å². The van der Waals surface area contributed by atoms with E-state index >= 15 is 0 Å². The van der Waals surface area contributed by atoms with E-state index in [1.165, 1.54) is 5.56 Å². The molecule has 0 heterocycles. The Bertz CT molecular complexity index is 1400. The van der Waals surface area contributed by atoms with Crippen molar-refractivity contribution >= 4 is 29.5 Å². The lowest BCUT2D eigenvalue weighted by Crippen LogP contribution is -2.53. The Morgan fingerprint density at radius 3 is 1.65 bits per heavy atom. The summed E-state index contributed by atoms with van der Waals surface area (Å²) in [7, 11) is 0. The highest BCUT2D eigenvalue weighted by molar-refractivity contribution is 7.99. The summed E-state index contributed by atoms with van der Waals surface area (Å²) in [5, 5.41) is 5.69. The van der Waals surface area contributed by atoms with E-state index in [2.05, 4.69) is 22.8 Å². The minimum absolute atomic E-state index is 0.0490. The molecule has 0 saturated heterocycles. The van der Waals surface area contributed by atoms with Gasteiger partial charge in [-0.3, -0.25) is 9.59 Å². The Kier molecular flexibility index (Phi) is 12.9. The number of hydrogen-bond donors (Lipinski definition) is 2. The summed E-state index contributed by atoms with van der Waals surface area (Å²) in [6, 6.07) is 37.1. The van der Waals surface area contributed by atoms with Crippen molar-refractivity contribution in [2.24, 2.45) is 0 Å². The number of ketones is 1. The van der Waals surface area contributed by atoms with Crippen LogP contribution in [0.1, 0.15) is 28.7 Å². The van der Waals surface area contributed by atoms with Gasteiger partial charge in [-0.2, -0.15) is 11.8 Å². The fourth-order valence-electron chi connectivity index (χ4n) is 4.63. The van der Waals surface area contributed by atoms with Crippen LogP contribution in [-0.2, 0) is 40.2 Å². The van der Waals surface area contributed by atoms with E-state index in [0.717, 1.165) is 35.3 Å². The van der Waals surface area contributed by atoms with Crippen molar-refractivity contribution < 1.29 is 19.1 Å². The van der Waals surface area contributed by atoms with Crippen LogP contribution in [0.15, 0.2) is 121 Å². The first-order valence-electron chi connectivity index (χ1n) is 14.6. The first-order valence-corrected chi connectivity index (χ1v) is 15.7. The molecule has 0 aliphatic heterocycles. The molecule has 2 amide bonds. The van der Waals surface area contributed by atoms with Crippen LogP contribution in [0, 0.1) is 0 Å². The molecule has 0 radical (unpaired) electrons. The average Bonchev–Trinajstić information content (AvgIpc) is 3.05. The molecule has 0 saturated carbocycles. The number of hydrogen-bond acceptors (Lipinski definition) is 5. The monoisotopic (exact) mass is 594 g/mol. The molecule has 0 spiro atoms. The molecule has 0 fully saturated rings. The molecule has 4 rings (SSSR count). The molecule has 0 unspecified atom stereocenters. The second-order valence-electron chi connectivity index (χ2n) is 10.3. The number of nitrogens with one attached hydrogen (secondary N) is 2. The predicted molar refractivity (Wildman–Crippen MR) is 173 cm³/mol. The summed E-state index contributed by atoms with van der Waals surface area (Å²) in [4.78, 5) is 39.8. The van der Waals surface area contributed by atoms with Gasteiger partial charge in [-0.05, 0) is 47.3 Å². The number of rotatable bonds is 16. The van der Waals surface area contributed by atoms with E-state index in [-0.39, 0.29) is 18.8 Å². The molecule has 43 heavy (non-hydrogen) atoms. The Morgan fingerprint density at radius 1 is 0.605 bits per heavy atom. The van der Waals surface area contributed by atoms with E-state index in [1.807, 2.05) is 109 Å².